The molecule has 0 fully saturated rings. The molecule has 3 rings (SSSR count). The second-order valence-corrected chi connectivity index (χ2v) is 7.38. The van der Waals surface area contributed by atoms with Crippen molar-refractivity contribution in [1.82, 2.24) is 4.72 Å². The lowest BCUT2D eigenvalue weighted by Crippen LogP contribution is -2.32. The van der Waals surface area contributed by atoms with E-state index in [4.69, 9.17) is 21.1 Å². The van der Waals surface area contributed by atoms with Gasteiger partial charge >= 0.3 is 0 Å². The Kier molecular flexibility index (Phi) is 5.96. The van der Waals surface area contributed by atoms with Crippen molar-refractivity contribution in [2.45, 2.75) is 11.8 Å². The average Bonchev–Trinajstić information content (AvgIpc) is 2.63. The van der Waals surface area contributed by atoms with Crippen molar-refractivity contribution < 1.29 is 9.47 Å². The molecule has 2 aromatic rings. The van der Waals surface area contributed by atoms with Gasteiger partial charge in [-0.05, 0) is 36.6 Å². The Hall–Kier alpha value is -2.02. The zero-order valence-corrected chi connectivity index (χ0v) is 15.7. The van der Waals surface area contributed by atoms with Gasteiger partial charge in [-0.25, -0.2) is 4.99 Å². The van der Waals surface area contributed by atoms with Gasteiger partial charge in [-0.15, -0.1) is 0 Å². The van der Waals surface area contributed by atoms with Gasteiger partial charge in [0.15, 0.2) is 5.75 Å². The number of rotatable bonds is 5. The number of nitrogens with zero attached hydrogens (tertiary/aromatic N) is 1. The molecule has 1 aliphatic rings. The molecule has 2 N–H and O–H groups in total. The summed E-state index contributed by atoms with van der Waals surface area (Å²) in [6.45, 7) is 3.18. The number of guanidine groups is 1. The third-order valence-electron chi connectivity index (χ3n) is 3.53. The quantitative estimate of drug-likeness (QED) is 0.594. The van der Waals surface area contributed by atoms with E-state index in [-0.39, 0.29) is 10.7 Å². The summed E-state index contributed by atoms with van der Waals surface area (Å²) < 4.78 is 14.5. The largest absolute Gasteiger partial charge is 0.454 e. The smallest absolute Gasteiger partial charge is 0.206 e. The fraction of sp³-hybridized carbons (Fsp3) is 0.222. The minimum absolute atomic E-state index is 0.258. The summed E-state index contributed by atoms with van der Waals surface area (Å²) in [5.41, 5.74) is 0.902. The van der Waals surface area contributed by atoms with Crippen LogP contribution in [0, 0.1) is 0 Å². The van der Waals surface area contributed by atoms with Gasteiger partial charge in [0.25, 0.3) is 0 Å². The number of hydrogen-bond donors (Lipinski definition) is 2. The predicted molar refractivity (Wildman–Crippen MR) is 106 cm³/mol. The van der Waals surface area contributed by atoms with E-state index in [1.807, 2.05) is 43.3 Å². The van der Waals surface area contributed by atoms with Gasteiger partial charge in [-0.2, -0.15) is 0 Å². The Morgan fingerprint density at radius 3 is 2.72 bits per heavy atom. The van der Waals surface area contributed by atoms with Crippen molar-refractivity contribution in [2.75, 3.05) is 25.6 Å². The number of aliphatic imine (C=N–C) groups is 1. The molecule has 0 aromatic heterocycles. The molecule has 1 heterocycles. The van der Waals surface area contributed by atoms with Crippen molar-refractivity contribution >= 4 is 39.3 Å². The van der Waals surface area contributed by atoms with E-state index in [0.29, 0.717) is 35.6 Å². The van der Waals surface area contributed by atoms with Crippen molar-refractivity contribution in [3.63, 3.8) is 0 Å². The first-order valence-electron chi connectivity index (χ1n) is 7.88. The fourth-order valence-electron chi connectivity index (χ4n) is 2.36. The summed E-state index contributed by atoms with van der Waals surface area (Å²) in [4.78, 5) is 5.63. The lowest BCUT2D eigenvalue weighted by molar-refractivity contribution is 0.208. The molecule has 5 nitrogen and oxygen atoms in total. The van der Waals surface area contributed by atoms with Crippen LogP contribution in [0.2, 0.25) is 5.02 Å². The minimum atomic E-state index is -0.258. The Morgan fingerprint density at radius 1 is 1.16 bits per heavy atom. The molecule has 1 unspecified atom stereocenters. The maximum atomic E-state index is 6.23. The molecule has 0 aliphatic carbocycles. The Bertz CT molecular complexity index is 824. The van der Waals surface area contributed by atoms with Gasteiger partial charge < -0.3 is 19.5 Å². The Morgan fingerprint density at radius 2 is 1.96 bits per heavy atom. The van der Waals surface area contributed by atoms with Crippen molar-refractivity contribution in [3.05, 3.63) is 47.5 Å². The Balaban J connectivity index is 1.96. The van der Waals surface area contributed by atoms with Gasteiger partial charge in [0, 0.05) is 12.0 Å². The molecule has 0 saturated heterocycles. The van der Waals surface area contributed by atoms with Crippen molar-refractivity contribution in [1.29, 1.82) is 0 Å². The zero-order valence-electron chi connectivity index (χ0n) is 14.1. The number of halogens is 1. The highest BCUT2D eigenvalue weighted by Gasteiger charge is 2.20. The van der Waals surface area contributed by atoms with Crippen LogP contribution in [0.5, 0.6) is 11.5 Å². The minimum Gasteiger partial charge on any atom is -0.454 e. The third kappa shape index (κ3) is 4.15. The molecule has 0 saturated carbocycles. The number of hydrogen-bond acceptors (Lipinski definition) is 3. The first-order chi connectivity index (χ1) is 12.2. The van der Waals surface area contributed by atoms with Crippen LogP contribution in [-0.2, 0) is 4.74 Å². The first kappa shape index (κ1) is 17.8. The zero-order chi connectivity index (χ0) is 17.6. The summed E-state index contributed by atoms with van der Waals surface area (Å²) in [5, 5.41) is 6.02. The van der Waals surface area contributed by atoms with Crippen LogP contribution in [-0.4, -0.2) is 31.6 Å². The van der Waals surface area contributed by atoms with Crippen molar-refractivity contribution in [3.8, 4) is 11.5 Å². The van der Waals surface area contributed by atoms with E-state index in [2.05, 4.69) is 26.5 Å². The number of para-hydroxylation sites is 2. The number of nitrogens with one attached hydrogen (secondary N) is 2. The van der Waals surface area contributed by atoms with Crippen LogP contribution in [0.4, 0.5) is 5.69 Å². The standard InChI is InChI=1S/C18H20ClN3O2S/c1-3-25-16-10-6-9-15(24-14-8-5-4-7-13(14)19)17(16)21-18(22-25)20-11-12-23-2/h3-10H,11-12H2,1-2H3,(H2,20,21,22). The summed E-state index contributed by atoms with van der Waals surface area (Å²) in [5.74, 6) is 2.04. The molecule has 1 aliphatic heterocycles. The van der Waals surface area contributed by atoms with E-state index >= 15 is 0 Å². The first-order valence-corrected chi connectivity index (χ1v) is 9.54. The highest BCUT2D eigenvalue weighted by atomic mass is 35.5. The molecular weight excluding hydrogens is 358 g/mol. The van der Waals surface area contributed by atoms with E-state index < -0.39 is 0 Å². The van der Waals surface area contributed by atoms with E-state index in [0.717, 1.165) is 10.6 Å². The monoisotopic (exact) mass is 377 g/mol. The fourth-order valence-corrected chi connectivity index (χ4v) is 3.93. The van der Waals surface area contributed by atoms with E-state index in [9.17, 15) is 0 Å². The molecule has 132 valence electrons. The Labute approximate surface area is 155 Å². The lowest BCUT2D eigenvalue weighted by Gasteiger charge is -2.26. The lowest BCUT2D eigenvalue weighted by atomic mass is 10.3. The normalized spacial score (nSPS) is 17.7. The van der Waals surface area contributed by atoms with Crippen LogP contribution in [0.25, 0.3) is 0 Å². The maximum Gasteiger partial charge on any atom is 0.206 e. The van der Waals surface area contributed by atoms with E-state index in [1.54, 1.807) is 7.11 Å². The van der Waals surface area contributed by atoms with Gasteiger partial charge in [-0.3, -0.25) is 0 Å². The number of benzene rings is 2. The van der Waals surface area contributed by atoms with Gasteiger partial charge in [0.1, 0.15) is 5.75 Å². The molecule has 1 atom stereocenters. The van der Waals surface area contributed by atoms with Gasteiger partial charge in [0.2, 0.25) is 5.96 Å². The molecular formula is C18H20ClN3O2S. The summed E-state index contributed by atoms with van der Waals surface area (Å²) in [6.07, 6.45) is 0. The van der Waals surface area contributed by atoms with Crippen LogP contribution in [0.1, 0.15) is 6.92 Å². The number of fused-ring (bicyclic) bond motifs is 1. The predicted octanol–water partition coefficient (Wildman–Crippen LogP) is 4.51. The molecule has 0 bridgehead atoms. The average molecular weight is 378 g/mol. The third-order valence-corrected chi connectivity index (χ3v) is 5.54. The SMILES string of the molecule is C/C=S1\NC(=NCCOC)Nc2c(Oc3ccccc3Cl)cccc21. The molecule has 25 heavy (non-hydrogen) atoms. The molecule has 7 heteroatoms. The van der Waals surface area contributed by atoms with Crippen LogP contribution < -0.4 is 14.8 Å². The van der Waals surface area contributed by atoms with Crippen LogP contribution >= 0.6 is 22.3 Å². The van der Waals surface area contributed by atoms with Gasteiger partial charge in [0.05, 0.1) is 23.9 Å². The summed E-state index contributed by atoms with van der Waals surface area (Å²) >= 11 is 6.23. The van der Waals surface area contributed by atoms with Crippen LogP contribution in [0.3, 0.4) is 0 Å². The summed E-state index contributed by atoms with van der Waals surface area (Å²) in [6, 6.07) is 13.4. The molecule has 0 spiro atoms. The molecule has 0 radical (unpaired) electrons. The highest BCUT2D eigenvalue weighted by molar-refractivity contribution is 8.14. The molecule has 0 amide bonds. The number of anilines is 1. The van der Waals surface area contributed by atoms with Crippen LogP contribution in [0.15, 0.2) is 52.4 Å². The summed E-state index contributed by atoms with van der Waals surface area (Å²) in [7, 11) is 1.41. The van der Waals surface area contributed by atoms with Crippen molar-refractivity contribution in [2.24, 2.45) is 4.99 Å². The topological polar surface area (TPSA) is 54.9 Å². The molecule has 2 aromatic carbocycles. The highest BCUT2D eigenvalue weighted by Crippen LogP contribution is 2.42. The van der Waals surface area contributed by atoms with E-state index in [1.165, 1.54) is 0 Å². The number of ether oxygens (including phenoxy) is 2. The second-order valence-electron chi connectivity index (χ2n) is 5.19. The maximum absolute atomic E-state index is 6.23. The number of methoxy groups -OCH3 is 1. The second kappa shape index (κ2) is 8.38. The van der Waals surface area contributed by atoms with Gasteiger partial charge in [-0.1, -0.05) is 40.5 Å².